The highest BCUT2D eigenvalue weighted by atomic mass is 32.1. The zero-order chi connectivity index (χ0) is 11.7. The van der Waals surface area contributed by atoms with E-state index in [1.807, 2.05) is 30.7 Å². The van der Waals surface area contributed by atoms with Gasteiger partial charge in [0, 0.05) is 17.5 Å². The third-order valence-electron chi connectivity index (χ3n) is 2.75. The Kier molecular flexibility index (Phi) is 2.92. The summed E-state index contributed by atoms with van der Waals surface area (Å²) in [6, 6.07) is 6.68. The maximum Gasteiger partial charge on any atom is 0.177 e. The minimum atomic E-state index is -0.197. The van der Waals surface area contributed by atoms with Crippen LogP contribution in [0.15, 0.2) is 30.5 Å². The molecular weight excluding hydrogens is 223 g/mol. The van der Waals surface area contributed by atoms with E-state index in [2.05, 4.69) is 4.98 Å². The average molecular weight is 236 g/mol. The third-order valence-corrected chi connectivity index (χ3v) is 3.06. The van der Waals surface area contributed by atoms with E-state index in [0.717, 1.165) is 5.69 Å². The fourth-order valence-electron chi connectivity index (χ4n) is 1.90. The van der Waals surface area contributed by atoms with Gasteiger partial charge in [0.2, 0.25) is 0 Å². The molecule has 0 aliphatic rings. The molecule has 2 rings (SSSR count). The number of aromatic amines is 1. The van der Waals surface area contributed by atoms with Crippen LogP contribution in [0.2, 0.25) is 0 Å². The number of nitrogens with zero attached hydrogens (tertiary/aromatic N) is 1. The normalized spacial score (nSPS) is 12.7. The number of hydrogen-bond donors (Lipinski definition) is 1. The smallest absolute Gasteiger partial charge is 0.177 e. The van der Waals surface area contributed by atoms with Crippen LogP contribution in [0.4, 0.5) is 4.39 Å². The number of aryl methyl sites for hydroxylation is 1. The summed E-state index contributed by atoms with van der Waals surface area (Å²) in [5, 5.41) is 0. The SMILES string of the molecule is Cc1c[nH]c(=S)n1C(C)c1ccccc1F. The Balaban J connectivity index is 2.51. The quantitative estimate of drug-likeness (QED) is 0.790. The first-order valence-electron chi connectivity index (χ1n) is 5.12. The van der Waals surface area contributed by atoms with E-state index in [-0.39, 0.29) is 11.9 Å². The zero-order valence-corrected chi connectivity index (χ0v) is 10.0. The second-order valence-electron chi connectivity index (χ2n) is 3.80. The Morgan fingerprint density at radius 1 is 1.38 bits per heavy atom. The van der Waals surface area contributed by atoms with E-state index < -0.39 is 0 Å². The highest BCUT2D eigenvalue weighted by molar-refractivity contribution is 7.71. The molecule has 1 atom stereocenters. The molecule has 1 N–H and O–H groups in total. The number of benzene rings is 1. The van der Waals surface area contributed by atoms with Crippen molar-refractivity contribution in [3.8, 4) is 0 Å². The fraction of sp³-hybridized carbons (Fsp3) is 0.250. The van der Waals surface area contributed by atoms with E-state index >= 15 is 0 Å². The standard InChI is InChI=1S/C12H13FN2S/c1-8-7-14-12(16)15(8)9(2)10-5-3-4-6-11(10)13/h3-7,9H,1-2H3,(H,14,16). The molecule has 0 fully saturated rings. The number of halogens is 1. The van der Waals surface area contributed by atoms with Crippen LogP contribution < -0.4 is 0 Å². The predicted molar refractivity (Wildman–Crippen MR) is 64.6 cm³/mol. The first-order valence-corrected chi connectivity index (χ1v) is 5.53. The Bertz CT molecular complexity index is 556. The average Bonchev–Trinajstić information content (AvgIpc) is 2.58. The lowest BCUT2D eigenvalue weighted by Crippen LogP contribution is -2.10. The Labute approximate surface area is 98.7 Å². The molecule has 1 aromatic carbocycles. The van der Waals surface area contributed by atoms with Crippen LogP contribution in [0.25, 0.3) is 0 Å². The van der Waals surface area contributed by atoms with E-state index in [1.54, 1.807) is 12.1 Å². The van der Waals surface area contributed by atoms with Crippen molar-refractivity contribution < 1.29 is 4.39 Å². The Hall–Kier alpha value is -1.42. The summed E-state index contributed by atoms with van der Waals surface area (Å²) in [6.07, 6.45) is 1.83. The first kappa shape index (κ1) is 11.1. The topological polar surface area (TPSA) is 20.7 Å². The summed E-state index contributed by atoms with van der Waals surface area (Å²) in [5.74, 6) is -0.197. The van der Waals surface area contributed by atoms with Gasteiger partial charge in [-0.2, -0.15) is 0 Å². The fourth-order valence-corrected chi connectivity index (χ4v) is 2.26. The molecule has 1 heterocycles. The number of hydrogen-bond acceptors (Lipinski definition) is 1. The molecule has 0 radical (unpaired) electrons. The number of aromatic nitrogens is 2. The van der Waals surface area contributed by atoms with Crippen molar-refractivity contribution in [2.45, 2.75) is 19.9 Å². The van der Waals surface area contributed by atoms with Crippen molar-refractivity contribution in [3.63, 3.8) is 0 Å². The van der Waals surface area contributed by atoms with Crippen LogP contribution in [-0.2, 0) is 0 Å². The molecule has 4 heteroatoms. The van der Waals surface area contributed by atoms with Crippen molar-refractivity contribution in [2.24, 2.45) is 0 Å². The van der Waals surface area contributed by atoms with E-state index in [1.165, 1.54) is 6.07 Å². The van der Waals surface area contributed by atoms with Crippen LogP contribution >= 0.6 is 12.2 Å². The van der Waals surface area contributed by atoms with Gasteiger partial charge in [0.25, 0.3) is 0 Å². The van der Waals surface area contributed by atoms with Crippen molar-refractivity contribution >= 4 is 12.2 Å². The minimum Gasteiger partial charge on any atom is -0.337 e. The maximum atomic E-state index is 13.6. The molecule has 16 heavy (non-hydrogen) atoms. The van der Waals surface area contributed by atoms with Crippen LogP contribution in [0.5, 0.6) is 0 Å². The summed E-state index contributed by atoms with van der Waals surface area (Å²) in [4.78, 5) is 2.96. The molecule has 1 unspecified atom stereocenters. The molecule has 0 spiro atoms. The number of imidazole rings is 1. The van der Waals surface area contributed by atoms with E-state index in [4.69, 9.17) is 12.2 Å². The van der Waals surface area contributed by atoms with Gasteiger partial charge in [0.1, 0.15) is 5.82 Å². The molecule has 84 valence electrons. The largest absolute Gasteiger partial charge is 0.337 e. The molecule has 1 aromatic heterocycles. The van der Waals surface area contributed by atoms with Gasteiger partial charge in [-0.3, -0.25) is 0 Å². The van der Waals surface area contributed by atoms with Gasteiger partial charge in [-0.15, -0.1) is 0 Å². The summed E-state index contributed by atoms with van der Waals surface area (Å²) in [7, 11) is 0. The van der Waals surface area contributed by atoms with Gasteiger partial charge in [-0.05, 0) is 32.1 Å². The van der Waals surface area contributed by atoms with Crippen molar-refractivity contribution in [3.05, 3.63) is 52.3 Å². The van der Waals surface area contributed by atoms with Crippen LogP contribution in [0.1, 0.15) is 24.2 Å². The zero-order valence-electron chi connectivity index (χ0n) is 9.20. The van der Waals surface area contributed by atoms with Gasteiger partial charge in [0.15, 0.2) is 4.77 Å². The highest BCUT2D eigenvalue weighted by Crippen LogP contribution is 2.22. The van der Waals surface area contributed by atoms with E-state index in [9.17, 15) is 4.39 Å². The van der Waals surface area contributed by atoms with Gasteiger partial charge in [-0.25, -0.2) is 4.39 Å². The van der Waals surface area contributed by atoms with Crippen LogP contribution in [-0.4, -0.2) is 9.55 Å². The second-order valence-corrected chi connectivity index (χ2v) is 4.19. The molecule has 0 aliphatic carbocycles. The lowest BCUT2D eigenvalue weighted by molar-refractivity contribution is 0.548. The molecule has 0 bridgehead atoms. The monoisotopic (exact) mass is 236 g/mol. The summed E-state index contributed by atoms with van der Waals surface area (Å²) in [5.41, 5.74) is 1.65. The molecule has 2 nitrogen and oxygen atoms in total. The van der Waals surface area contributed by atoms with Crippen molar-refractivity contribution in [1.82, 2.24) is 9.55 Å². The van der Waals surface area contributed by atoms with Gasteiger partial charge in [-0.1, -0.05) is 18.2 Å². The molecule has 0 aliphatic heterocycles. The van der Waals surface area contributed by atoms with Gasteiger partial charge < -0.3 is 9.55 Å². The predicted octanol–water partition coefficient (Wildman–Crippen LogP) is 3.60. The van der Waals surface area contributed by atoms with Gasteiger partial charge >= 0.3 is 0 Å². The van der Waals surface area contributed by atoms with Crippen molar-refractivity contribution in [2.75, 3.05) is 0 Å². The number of rotatable bonds is 2. The van der Waals surface area contributed by atoms with Crippen LogP contribution in [0, 0.1) is 17.5 Å². The number of H-pyrrole nitrogens is 1. The first-order chi connectivity index (χ1) is 7.61. The molecule has 0 amide bonds. The summed E-state index contributed by atoms with van der Waals surface area (Å²) >= 11 is 5.18. The highest BCUT2D eigenvalue weighted by Gasteiger charge is 2.14. The molecule has 0 saturated heterocycles. The molecular formula is C12H13FN2S. The van der Waals surface area contributed by atoms with Gasteiger partial charge in [0.05, 0.1) is 6.04 Å². The van der Waals surface area contributed by atoms with E-state index in [0.29, 0.717) is 10.3 Å². The molecule has 0 saturated carbocycles. The Morgan fingerprint density at radius 3 is 2.62 bits per heavy atom. The lowest BCUT2D eigenvalue weighted by atomic mass is 10.1. The molecule has 2 aromatic rings. The third kappa shape index (κ3) is 1.80. The summed E-state index contributed by atoms with van der Waals surface area (Å²) in [6.45, 7) is 3.89. The number of nitrogens with one attached hydrogen (secondary N) is 1. The van der Waals surface area contributed by atoms with Crippen LogP contribution in [0.3, 0.4) is 0 Å². The minimum absolute atomic E-state index is 0.0973. The maximum absolute atomic E-state index is 13.6. The van der Waals surface area contributed by atoms with Crippen molar-refractivity contribution in [1.29, 1.82) is 0 Å². The second kappa shape index (κ2) is 4.22. The lowest BCUT2D eigenvalue weighted by Gasteiger charge is -2.16. The Morgan fingerprint density at radius 2 is 2.06 bits per heavy atom. The summed E-state index contributed by atoms with van der Waals surface area (Å²) < 4.78 is 16.2.